The number of hydrogen-bond donors (Lipinski definition) is 0. The maximum absolute atomic E-state index is 12.8. The molecule has 5 nitrogen and oxygen atoms in total. The highest BCUT2D eigenvalue weighted by molar-refractivity contribution is 5.84. The number of rotatable bonds is 3. The Morgan fingerprint density at radius 1 is 1.00 bits per heavy atom. The van der Waals surface area contributed by atoms with Crippen LogP contribution in [0.1, 0.15) is 50.2 Å². The van der Waals surface area contributed by atoms with Crippen molar-refractivity contribution in [3.05, 3.63) is 24.2 Å². The fourth-order valence-corrected chi connectivity index (χ4v) is 4.27. The zero-order valence-corrected chi connectivity index (χ0v) is 14.2. The monoisotopic (exact) mass is 330 g/mol. The van der Waals surface area contributed by atoms with Gasteiger partial charge in [-0.2, -0.15) is 0 Å². The fraction of sp³-hybridized carbons (Fsp3) is 0.684. The molecule has 130 valence electrons. The van der Waals surface area contributed by atoms with Gasteiger partial charge in [-0.1, -0.05) is 0 Å². The van der Waals surface area contributed by atoms with Crippen molar-refractivity contribution in [2.75, 3.05) is 26.2 Å². The Bertz CT molecular complexity index is 592. The Morgan fingerprint density at radius 3 is 2.54 bits per heavy atom. The predicted molar refractivity (Wildman–Crippen MR) is 89.3 cm³/mol. The number of nitrogens with zero attached hydrogens (tertiary/aromatic N) is 2. The summed E-state index contributed by atoms with van der Waals surface area (Å²) in [5.41, 5.74) is 0. The molecule has 5 heteroatoms. The van der Waals surface area contributed by atoms with Crippen LogP contribution in [0.25, 0.3) is 0 Å². The topological polar surface area (TPSA) is 53.8 Å². The van der Waals surface area contributed by atoms with Crippen molar-refractivity contribution >= 4 is 11.8 Å². The van der Waals surface area contributed by atoms with Crippen LogP contribution in [0.4, 0.5) is 0 Å². The van der Waals surface area contributed by atoms with E-state index in [0.29, 0.717) is 6.54 Å². The largest absolute Gasteiger partial charge is 0.469 e. The summed E-state index contributed by atoms with van der Waals surface area (Å²) in [6, 6.07) is 3.83. The summed E-state index contributed by atoms with van der Waals surface area (Å²) in [5, 5.41) is 0. The Hall–Kier alpha value is -1.78. The van der Waals surface area contributed by atoms with E-state index in [1.807, 2.05) is 21.9 Å². The second-order valence-corrected chi connectivity index (χ2v) is 7.47. The minimum absolute atomic E-state index is 0.00149. The molecule has 2 amide bonds. The van der Waals surface area contributed by atoms with E-state index < -0.39 is 0 Å². The summed E-state index contributed by atoms with van der Waals surface area (Å²) in [4.78, 5) is 29.5. The molecule has 1 aromatic heterocycles. The Kier molecular flexibility index (Phi) is 4.33. The SMILES string of the molecule is O=C([C@@H]1CCCN(C(=O)[C@H]2C[C@@H]2c2ccco2)C1)N1CCCCC1. The van der Waals surface area contributed by atoms with Crippen LogP contribution < -0.4 is 0 Å². The summed E-state index contributed by atoms with van der Waals surface area (Å²) in [7, 11) is 0. The lowest BCUT2D eigenvalue weighted by Crippen LogP contribution is -2.48. The van der Waals surface area contributed by atoms with Crippen LogP contribution >= 0.6 is 0 Å². The third-order valence-corrected chi connectivity index (χ3v) is 5.77. The third kappa shape index (κ3) is 3.08. The van der Waals surface area contributed by atoms with E-state index in [0.717, 1.165) is 57.5 Å². The van der Waals surface area contributed by atoms with Crippen molar-refractivity contribution < 1.29 is 14.0 Å². The second-order valence-electron chi connectivity index (χ2n) is 7.47. The van der Waals surface area contributed by atoms with Crippen LogP contribution in [-0.2, 0) is 9.59 Å². The Morgan fingerprint density at radius 2 is 1.79 bits per heavy atom. The molecule has 0 radical (unpaired) electrons. The summed E-state index contributed by atoms with van der Waals surface area (Å²) in [6.07, 6.45) is 7.88. The van der Waals surface area contributed by atoms with Crippen molar-refractivity contribution in [2.45, 2.75) is 44.4 Å². The smallest absolute Gasteiger partial charge is 0.227 e. The molecular formula is C19H26N2O3. The van der Waals surface area contributed by atoms with Crippen molar-refractivity contribution in [1.29, 1.82) is 0 Å². The number of piperidine rings is 2. The third-order valence-electron chi connectivity index (χ3n) is 5.77. The average molecular weight is 330 g/mol. The normalized spacial score (nSPS) is 30.2. The van der Waals surface area contributed by atoms with Crippen LogP contribution in [0, 0.1) is 11.8 Å². The van der Waals surface area contributed by atoms with E-state index in [1.165, 1.54) is 6.42 Å². The molecule has 2 aliphatic heterocycles. The van der Waals surface area contributed by atoms with Gasteiger partial charge in [0.15, 0.2) is 0 Å². The van der Waals surface area contributed by atoms with E-state index in [-0.39, 0.29) is 29.6 Å². The molecule has 24 heavy (non-hydrogen) atoms. The first-order valence-electron chi connectivity index (χ1n) is 9.35. The molecule has 1 aliphatic carbocycles. The highest BCUT2D eigenvalue weighted by Crippen LogP contribution is 2.48. The number of furan rings is 1. The highest BCUT2D eigenvalue weighted by atomic mass is 16.3. The number of likely N-dealkylation sites (tertiary alicyclic amines) is 2. The fourth-order valence-electron chi connectivity index (χ4n) is 4.27. The maximum atomic E-state index is 12.8. The molecule has 1 aromatic rings. The van der Waals surface area contributed by atoms with E-state index in [4.69, 9.17) is 4.42 Å². The lowest BCUT2D eigenvalue weighted by Gasteiger charge is -2.36. The van der Waals surface area contributed by atoms with E-state index in [9.17, 15) is 9.59 Å². The Balaban J connectivity index is 1.35. The van der Waals surface area contributed by atoms with Crippen molar-refractivity contribution in [2.24, 2.45) is 11.8 Å². The summed E-state index contributed by atoms with van der Waals surface area (Å²) in [5.74, 6) is 1.71. The van der Waals surface area contributed by atoms with Gasteiger partial charge >= 0.3 is 0 Å². The van der Waals surface area contributed by atoms with Gasteiger partial charge in [0.25, 0.3) is 0 Å². The molecule has 3 heterocycles. The van der Waals surface area contributed by atoms with Gasteiger partial charge in [-0.15, -0.1) is 0 Å². The van der Waals surface area contributed by atoms with Crippen molar-refractivity contribution in [1.82, 2.24) is 9.80 Å². The van der Waals surface area contributed by atoms with Crippen LogP contribution in [0.2, 0.25) is 0 Å². The first-order chi connectivity index (χ1) is 11.7. The molecule has 3 fully saturated rings. The predicted octanol–water partition coefficient (Wildman–Crippen LogP) is 2.63. The summed E-state index contributed by atoms with van der Waals surface area (Å²) >= 11 is 0. The number of amides is 2. The van der Waals surface area contributed by atoms with E-state index in [1.54, 1.807) is 6.26 Å². The van der Waals surface area contributed by atoms with Crippen LogP contribution in [0.15, 0.2) is 22.8 Å². The van der Waals surface area contributed by atoms with Gasteiger partial charge < -0.3 is 14.2 Å². The standard InChI is InChI=1S/C19H26N2O3/c22-18(20-8-2-1-3-9-20)14-6-4-10-21(13-14)19(23)16-12-15(16)17-7-5-11-24-17/h5,7,11,14-16H,1-4,6,8-10,12-13H2/t14-,15+,16+/m1/s1. The molecule has 3 atom stereocenters. The lowest BCUT2D eigenvalue weighted by atomic mass is 9.95. The molecule has 0 N–H and O–H groups in total. The molecule has 3 aliphatic rings. The number of hydrogen-bond acceptors (Lipinski definition) is 3. The zero-order valence-electron chi connectivity index (χ0n) is 14.2. The van der Waals surface area contributed by atoms with E-state index in [2.05, 4.69) is 0 Å². The first-order valence-corrected chi connectivity index (χ1v) is 9.35. The lowest BCUT2D eigenvalue weighted by molar-refractivity contribution is -0.142. The average Bonchev–Trinajstić information content (AvgIpc) is 3.25. The van der Waals surface area contributed by atoms with Gasteiger partial charge in [0, 0.05) is 38.0 Å². The van der Waals surface area contributed by atoms with Gasteiger partial charge in [-0.05, 0) is 50.7 Å². The number of carbonyl (C=O) groups is 2. The zero-order chi connectivity index (χ0) is 16.5. The van der Waals surface area contributed by atoms with Crippen molar-refractivity contribution in [3.8, 4) is 0 Å². The van der Waals surface area contributed by atoms with Gasteiger partial charge in [0.1, 0.15) is 5.76 Å². The van der Waals surface area contributed by atoms with Crippen LogP contribution in [0.5, 0.6) is 0 Å². The maximum Gasteiger partial charge on any atom is 0.227 e. The molecule has 1 saturated carbocycles. The second kappa shape index (κ2) is 6.61. The first kappa shape index (κ1) is 15.7. The molecule has 0 aromatic carbocycles. The van der Waals surface area contributed by atoms with E-state index >= 15 is 0 Å². The quantitative estimate of drug-likeness (QED) is 0.856. The van der Waals surface area contributed by atoms with Gasteiger partial charge in [-0.3, -0.25) is 9.59 Å². The van der Waals surface area contributed by atoms with Gasteiger partial charge in [0.2, 0.25) is 11.8 Å². The molecule has 0 unspecified atom stereocenters. The van der Waals surface area contributed by atoms with Gasteiger partial charge in [0.05, 0.1) is 12.2 Å². The summed E-state index contributed by atoms with van der Waals surface area (Å²) in [6.45, 7) is 3.19. The van der Waals surface area contributed by atoms with Gasteiger partial charge in [-0.25, -0.2) is 0 Å². The molecule has 0 bridgehead atoms. The molecule has 4 rings (SSSR count). The van der Waals surface area contributed by atoms with Crippen LogP contribution in [0.3, 0.4) is 0 Å². The highest BCUT2D eigenvalue weighted by Gasteiger charge is 2.48. The minimum atomic E-state index is 0.00149. The minimum Gasteiger partial charge on any atom is -0.469 e. The van der Waals surface area contributed by atoms with Crippen molar-refractivity contribution in [3.63, 3.8) is 0 Å². The Labute approximate surface area is 143 Å². The van der Waals surface area contributed by atoms with Crippen LogP contribution in [-0.4, -0.2) is 47.8 Å². The number of carbonyl (C=O) groups excluding carboxylic acids is 2. The summed E-state index contributed by atoms with van der Waals surface area (Å²) < 4.78 is 5.43. The molecule has 0 spiro atoms. The molecular weight excluding hydrogens is 304 g/mol. The molecule has 2 saturated heterocycles.